The van der Waals surface area contributed by atoms with Crippen LogP contribution >= 0.6 is 0 Å². The zero-order chi connectivity index (χ0) is 35.8. The zero-order valence-electron chi connectivity index (χ0n) is 29.4. The van der Waals surface area contributed by atoms with Crippen molar-refractivity contribution in [1.29, 1.82) is 0 Å². The van der Waals surface area contributed by atoms with Crippen molar-refractivity contribution >= 4 is 18.0 Å². The fraction of sp³-hybridized carbons (Fsp3) is 0. The van der Waals surface area contributed by atoms with Crippen molar-refractivity contribution in [3.8, 4) is 78.7 Å². The molecular weight excluding hydrogens is 655 g/mol. The molecule has 0 unspecified atom stereocenters. The SMILES string of the molecule is C1=CB2c3c(-c4ccccc4)cc(-c4ccccc4)cc3-c3ccc(-c4nc(-c5ccccc5)nc(-c5ccc(-c6ccccc6)cc5)n4)cc3N2C=C1. The minimum atomic E-state index is 0.0182. The van der Waals surface area contributed by atoms with Gasteiger partial charge in [0.2, 0.25) is 0 Å². The number of anilines is 1. The minimum absolute atomic E-state index is 0.0182. The van der Waals surface area contributed by atoms with Gasteiger partial charge in [0.25, 0.3) is 0 Å². The summed E-state index contributed by atoms with van der Waals surface area (Å²) in [6.07, 6.45) is 6.47. The van der Waals surface area contributed by atoms with Gasteiger partial charge in [0.05, 0.1) is 0 Å². The molecule has 10 rings (SSSR count). The van der Waals surface area contributed by atoms with Gasteiger partial charge in [0.1, 0.15) is 0 Å². The van der Waals surface area contributed by atoms with Crippen LogP contribution in [0.15, 0.2) is 200 Å². The van der Waals surface area contributed by atoms with E-state index < -0.39 is 0 Å². The fourth-order valence-electron chi connectivity index (χ4n) is 7.72. The summed E-state index contributed by atoms with van der Waals surface area (Å²) in [4.78, 5) is 17.6. The second kappa shape index (κ2) is 13.5. The summed E-state index contributed by atoms with van der Waals surface area (Å²) < 4.78 is 0. The Morgan fingerprint density at radius 2 is 0.815 bits per heavy atom. The molecule has 0 N–H and O–H groups in total. The van der Waals surface area contributed by atoms with Gasteiger partial charge in [-0.3, -0.25) is 0 Å². The van der Waals surface area contributed by atoms with E-state index in [2.05, 4.69) is 181 Å². The molecule has 4 nitrogen and oxygen atoms in total. The predicted molar refractivity (Wildman–Crippen MR) is 224 cm³/mol. The quantitative estimate of drug-likeness (QED) is 0.163. The van der Waals surface area contributed by atoms with Crippen LogP contribution in [0, 0.1) is 0 Å². The van der Waals surface area contributed by atoms with E-state index in [9.17, 15) is 0 Å². The lowest BCUT2D eigenvalue weighted by Crippen LogP contribution is -2.50. The Balaban J connectivity index is 1.14. The van der Waals surface area contributed by atoms with Crippen molar-refractivity contribution in [3.63, 3.8) is 0 Å². The van der Waals surface area contributed by atoms with E-state index in [4.69, 9.17) is 15.0 Å². The van der Waals surface area contributed by atoms with Gasteiger partial charge in [-0.15, -0.1) is 0 Å². The van der Waals surface area contributed by atoms with E-state index in [1.165, 1.54) is 44.4 Å². The summed E-state index contributed by atoms with van der Waals surface area (Å²) in [5.41, 5.74) is 14.8. The standard InChI is InChI=1S/C49H33BN4/c1-5-15-34(16-6-1)36-23-25-39(26-24-36)48-51-47(38-21-11-4-12-22-38)52-49(53-48)40-27-28-42-44-32-41(35-17-7-2-8-18-35)31-43(37-19-9-3-10-20-37)46(44)50-29-13-14-30-54(50)45(42)33-40/h1-33H. The number of aromatic nitrogens is 3. The Labute approximate surface area is 315 Å². The van der Waals surface area contributed by atoms with Crippen molar-refractivity contribution in [1.82, 2.24) is 15.0 Å². The van der Waals surface area contributed by atoms with Crippen LogP contribution in [0.5, 0.6) is 0 Å². The number of benzene rings is 7. The molecular formula is C49H33BN4. The van der Waals surface area contributed by atoms with Crippen LogP contribution in [0.3, 0.4) is 0 Å². The number of hydrogen-bond acceptors (Lipinski definition) is 4. The molecule has 5 heteroatoms. The monoisotopic (exact) mass is 688 g/mol. The smallest absolute Gasteiger partial charge is 0.321 e. The van der Waals surface area contributed by atoms with E-state index >= 15 is 0 Å². The Morgan fingerprint density at radius 3 is 1.44 bits per heavy atom. The highest BCUT2D eigenvalue weighted by atomic mass is 15.1. The maximum Gasteiger partial charge on any atom is 0.321 e. The molecule has 0 saturated carbocycles. The van der Waals surface area contributed by atoms with Gasteiger partial charge >= 0.3 is 6.85 Å². The molecule has 0 spiro atoms. The third-order valence-electron chi connectivity index (χ3n) is 10.4. The Morgan fingerprint density at radius 1 is 0.352 bits per heavy atom. The summed E-state index contributed by atoms with van der Waals surface area (Å²) in [5, 5.41) is 0. The van der Waals surface area contributed by atoms with Gasteiger partial charge in [-0.2, -0.15) is 0 Å². The van der Waals surface area contributed by atoms with E-state index in [-0.39, 0.29) is 6.85 Å². The topological polar surface area (TPSA) is 41.9 Å². The largest absolute Gasteiger partial charge is 0.383 e. The van der Waals surface area contributed by atoms with Gasteiger partial charge < -0.3 is 4.81 Å². The Kier molecular flexibility index (Phi) is 7.88. The number of nitrogens with zero attached hydrogens (tertiary/aromatic N) is 4. The van der Waals surface area contributed by atoms with E-state index in [1.807, 2.05) is 24.3 Å². The van der Waals surface area contributed by atoms with Gasteiger partial charge in [-0.25, -0.2) is 15.0 Å². The second-order valence-electron chi connectivity index (χ2n) is 13.6. The van der Waals surface area contributed by atoms with Crippen LogP contribution in [0.2, 0.25) is 0 Å². The van der Waals surface area contributed by atoms with E-state index in [0.29, 0.717) is 17.5 Å². The number of hydrogen-bond donors (Lipinski definition) is 0. The third-order valence-corrected chi connectivity index (χ3v) is 10.4. The predicted octanol–water partition coefficient (Wildman–Crippen LogP) is 11.2. The van der Waals surface area contributed by atoms with Crippen LogP contribution in [-0.4, -0.2) is 21.8 Å². The van der Waals surface area contributed by atoms with Crippen molar-refractivity contribution in [2.75, 3.05) is 4.81 Å². The van der Waals surface area contributed by atoms with E-state index in [1.54, 1.807) is 0 Å². The molecule has 0 aliphatic carbocycles. The maximum absolute atomic E-state index is 5.13. The molecule has 3 heterocycles. The molecule has 2 aliphatic rings. The average molecular weight is 689 g/mol. The summed E-state index contributed by atoms with van der Waals surface area (Å²) in [6, 6.07) is 61.9. The van der Waals surface area contributed by atoms with Crippen LogP contribution in [-0.2, 0) is 0 Å². The molecule has 0 amide bonds. The van der Waals surface area contributed by atoms with Crippen molar-refractivity contribution in [2.24, 2.45) is 0 Å². The average Bonchev–Trinajstić information content (AvgIpc) is 3.27. The number of allylic oxidation sites excluding steroid dienone is 2. The Bertz CT molecular complexity index is 2690. The fourth-order valence-corrected chi connectivity index (χ4v) is 7.72. The zero-order valence-corrected chi connectivity index (χ0v) is 29.4. The summed E-state index contributed by atoms with van der Waals surface area (Å²) >= 11 is 0. The molecule has 54 heavy (non-hydrogen) atoms. The lowest BCUT2D eigenvalue weighted by Gasteiger charge is -2.38. The second-order valence-corrected chi connectivity index (χ2v) is 13.6. The molecule has 7 aromatic carbocycles. The Hall–Kier alpha value is -7.11. The molecule has 252 valence electrons. The minimum Gasteiger partial charge on any atom is -0.383 e. The lowest BCUT2D eigenvalue weighted by molar-refractivity contribution is 1.07. The summed E-state index contributed by atoms with van der Waals surface area (Å²) in [6.45, 7) is 0.0182. The highest BCUT2D eigenvalue weighted by Gasteiger charge is 2.36. The van der Waals surface area contributed by atoms with Gasteiger partial charge in [-0.05, 0) is 74.9 Å². The van der Waals surface area contributed by atoms with Gasteiger partial charge in [0.15, 0.2) is 17.5 Å². The van der Waals surface area contributed by atoms with Crippen LogP contribution in [0.4, 0.5) is 5.69 Å². The van der Waals surface area contributed by atoms with Gasteiger partial charge in [-0.1, -0.05) is 170 Å². The van der Waals surface area contributed by atoms with Crippen LogP contribution in [0.1, 0.15) is 0 Å². The van der Waals surface area contributed by atoms with Crippen molar-refractivity contribution in [3.05, 3.63) is 200 Å². The molecule has 1 aromatic heterocycles. The highest BCUT2D eigenvalue weighted by Crippen LogP contribution is 2.43. The first-order valence-electron chi connectivity index (χ1n) is 18.3. The first-order chi connectivity index (χ1) is 26.8. The molecule has 8 aromatic rings. The van der Waals surface area contributed by atoms with Crippen LogP contribution in [0.25, 0.3) is 78.7 Å². The summed E-state index contributed by atoms with van der Waals surface area (Å²) in [5.74, 6) is 4.22. The molecule has 0 bridgehead atoms. The lowest BCUT2D eigenvalue weighted by atomic mass is 9.48. The third kappa shape index (κ3) is 5.73. The molecule has 0 atom stereocenters. The molecule has 0 radical (unpaired) electrons. The molecule has 2 aliphatic heterocycles. The highest BCUT2D eigenvalue weighted by molar-refractivity contribution is 6.85. The molecule has 0 saturated heterocycles. The van der Waals surface area contributed by atoms with Gasteiger partial charge in [0, 0.05) is 27.9 Å². The van der Waals surface area contributed by atoms with Crippen molar-refractivity contribution < 1.29 is 0 Å². The van der Waals surface area contributed by atoms with Crippen LogP contribution < -0.4 is 10.3 Å². The molecule has 0 fully saturated rings. The maximum atomic E-state index is 5.13. The first kappa shape index (κ1) is 31.6. The summed E-state index contributed by atoms with van der Waals surface area (Å²) in [7, 11) is 0. The number of rotatable bonds is 6. The first-order valence-corrected chi connectivity index (χ1v) is 18.3. The number of fused-ring (bicyclic) bond motifs is 6. The van der Waals surface area contributed by atoms with Crippen molar-refractivity contribution in [2.45, 2.75) is 0 Å². The normalized spacial score (nSPS) is 12.6. The van der Waals surface area contributed by atoms with E-state index in [0.717, 1.165) is 27.9 Å².